The van der Waals surface area contributed by atoms with E-state index in [0.29, 0.717) is 16.8 Å². The van der Waals surface area contributed by atoms with Gasteiger partial charge in [0.1, 0.15) is 0 Å². The van der Waals surface area contributed by atoms with E-state index in [-0.39, 0.29) is 17.2 Å². The van der Waals surface area contributed by atoms with Crippen LogP contribution in [0.15, 0.2) is 66.9 Å². The monoisotopic (exact) mass is 398 g/mol. The molecular weight excluding hydrogens is 385 g/mol. The number of rotatable bonds is 4. The Hall–Kier alpha value is -3.88. The molecule has 2 heterocycles. The van der Waals surface area contributed by atoms with Crippen molar-refractivity contribution in [2.45, 2.75) is 6.18 Å². The van der Waals surface area contributed by atoms with Gasteiger partial charge in [-0.15, -0.1) is 5.10 Å². The number of anilines is 2. The van der Waals surface area contributed by atoms with Crippen LogP contribution < -0.4 is 5.32 Å². The molecule has 2 aromatic heterocycles. The minimum absolute atomic E-state index is 0.117. The highest BCUT2D eigenvalue weighted by molar-refractivity contribution is 5.90. The second-order valence-corrected chi connectivity index (χ2v) is 6.21. The summed E-state index contributed by atoms with van der Waals surface area (Å²) in [7, 11) is 0. The van der Waals surface area contributed by atoms with Gasteiger partial charge in [0.15, 0.2) is 5.65 Å². The van der Waals surface area contributed by atoms with Crippen LogP contribution in [0.4, 0.5) is 24.8 Å². The van der Waals surface area contributed by atoms with E-state index >= 15 is 0 Å². The molecule has 0 saturated heterocycles. The van der Waals surface area contributed by atoms with Crippen molar-refractivity contribution >= 4 is 23.3 Å². The van der Waals surface area contributed by atoms with Crippen LogP contribution in [0, 0.1) is 0 Å². The summed E-state index contributed by atoms with van der Waals surface area (Å²) in [5, 5.41) is 16.2. The number of aromatic carboxylic acids is 1. The van der Waals surface area contributed by atoms with Gasteiger partial charge in [0, 0.05) is 17.4 Å². The summed E-state index contributed by atoms with van der Waals surface area (Å²) in [4.78, 5) is 15.6. The molecule has 0 radical (unpaired) electrons. The number of alkyl halides is 3. The molecule has 6 nitrogen and oxygen atoms in total. The predicted molar refractivity (Wildman–Crippen MR) is 100 cm³/mol. The Balaban J connectivity index is 1.72. The van der Waals surface area contributed by atoms with Crippen molar-refractivity contribution in [2.75, 3.05) is 5.32 Å². The zero-order valence-corrected chi connectivity index (χ0v) is 14.7. The van der Waals surface area contributed by atoms with E-state index in [1.165, 1.54) is 28.8 Å². The molecule has 2 aromatic carbocycles. The van der Waals surface area contributed by atoms with Gasteiger partial charge in [0.25, 0.3) is 0 Å². The van der Waals surface area contributed by atoms with E-state index in [9.17, 15) is 23.1 Å². The number of carbonyl (C=O) groups is 1. The molecule has 0 unspecified atom stereocenters. The van der Waals surface area contributed by atoms with Crippen LogP contribution in [0.3, 0.4) is 0 Å². The first-order chi connectivity index (χ1) is 13.8. The Morgan fingerprint density at radius 1 is 1.03 bits per heavy atom. The average Bonchev–Trinajstić information content (AvgIpc) is 3.10. The van der Waals surface area contributed by atoms with E-state index in [4.69, 9.17) is 0 Å². The van der Waals surface area contributed by atoms with E-state index in [0.717, 1.165) is 12.1 Å². The number of fused-ring (bicyclic) bond motifs is 1. The fourth-order valence-corrected chi connectivity index (χ4v) is 2.91. The number of carboxylic acid groups (broad SMARTS) is 1. The van der Waals surface area contributed by atoms with Crippen LogP contribution in [-0.2, 0) is 6.18 Å². The lowest BCUT2D eigenvalue weighted by Gasteiger charge is -2.08. The Labute approximate surface area is 162 Å². The number of halogens is 3. The van der Waals surface area contributed by atoms with Gasteiger partial charge in [-0.2, -0.15) is 18.2 Å². The summed E-state index contributed by atoms with van der Waals surface area (Å²) < 4.78 is 40.2. The molecule has 0 saturated carbocycles. The molecule has 29 heavy (non-hydrogen) atoms. The molecule has 146 valence electrons. The third kappa shape index (κ3) is 3.75. The predicted octanol–water partition coefficient (Wildman–Crippen LogP) is 4.86. The van der Waals surface area contributed by atoms with Gasteiger partial charge in [-0.25, -0.2) is 9.31 Å². The van der Waals surface area contributed by atoms with Gasteiger partial charge in [-0.3, -0.25) is 0 Å². The van der Waals surface area contributed by atoms with Gasteiger partial charge in [0.05, 0.1) is 11.1 Å². The molecule has 4 aromatic rings. The number of nitrogens with one attached hydrogen (secondary N) is 1. The van der Waals surface area contributed by atoms with Crippen molar-refractivity contribution in [1.82, 2.24) is 14.6 Å². The maximum Gasteiger partial charge on any atom is 0.416 e. The number of hydrogen-bond donors (Lipinski definition) is 2. The first kappa shape index (κ1) is 18.5. The highest BCUT2D eigenvalue weighted by Crippen LogP contribution is 2.31. The molecular formula is C20H13F3N4O2. The van der Waals surface area contributed by atoms with Gasteiger partial charge in [0.2, 0.25) is 5.95 Å². The van der Waals surface area contributed by atoms with Crippen LogP contribution in [-0.4, -0.2) is 25.7 Å². The van der Waals surface area contributed by atoms with Crippen LogP contribution in [0.2, 0.25) is 0 Å². The van der Waals surface area contributed by atoms with Gasteiger partial charge < -0.3 is 10.4 Å². The normalized spacial score (nSPS) is 11.6. The topological polar surface area (TPSA) is 79.5 Å². The quantitative estimate of drug-likeness (QED) is 0.513. The van der Waals surface area contributed by atoms with Crippen molar-refractivity contribution in [3.05, 3.63) is 78.0 Å². The zero-order chi connectivity index (χ0) is 20.6. The second kappa shape index (κ2) is 6.93. The fourth-order valence-electron chi connectivity index (χ4n) is 2.91. The average molecular weight is 398 g/mol. The second-order valence-electron chi connectivity index (χ2n) is 6.21. The molecule has 0 amide bonds. The standard InChI is InChI=1S/C20H13F3N4O2/c21-20(22,23)14-6-2-7-15(11-14)24-19-25-17-16(8-3-9-27(17)26-19)12-4-1-5-13(10-12)18(28)29/h1-11H,(H,24,26)(H,28,29). The lowest BCUT2D eigenvalue weighted by atomic mass is 10.0. The smallest absolute Gasteiger partial charge is 0.416 e. The Kier molecular flexibility index (Phi) is 4.42. The van der Waals surface area contributed by atoms with E-state index in [2.05, 4.69) is 15.4 Å². The molecule has 0 fully saturated rings. The fraction of sp³-hybridized carbons (Fsp3) is 0.0500. The summed E-state index contributed by atoms with van der Waals surface area (Å²) in [5.74, 6) is -0.932. The molecule has 0 aliphatic rings. The lowest BCUT2D eigenvalue weighted by molar-refractivity contribution is -0.137. The molecule has 0 aliphatic heterocycles. The maximum absolute atomic E-state index is 12.9. The van der Waals surface area contributed by atoms with Gasteiger partial charge >= 0.3 is 12.1 Å². The highest BCUT2D eigenvalue weighted by atomic mass is 19.4. The molecule has 0 bridgehead atoms. The van der Waals surface area contributed by atoms with Crippen molar-refractivity contribution in [1.29, 1.82) is 0 Å². The van der Waals surface area contributed by atoms with Gasteiger partial charge in [-0.05, 0) is 48.0 Å². The summed E-state index contributed by atoms with van der Waals surface area (Å²) in [6.45, 7) is 0. The zero-order valence-electron chi connectivity index (χ0n) is 14.7. The minimum atomic E-state index is -4.45. The maximum atomic E-state index is 12.9. The molecule has 2 N–H and O–H groups in total. The number of carboxylic acids is 1. The first-order valence-electron chi connectivity index (χ1n) is 8.45. The van der Waals surface area contributed by atoms with Crippen LogP contribution in [0.25, 0.3) is 16.8 Å². The summed E-state index contributed by atoms with van der Waals surface area (Å²) >= 11 is 0. The third-order valence-electron chi connectivity index (χ3n) is 4.23. The lowest BCUT2D eigenvalue weighted by Crippen LogP contribution is -2.05. The third-order valence-corrected chi connectivity index (χ3v) is 4.23. The van der Waals surface area contributed by atoms with E-state index in [1.54, 1.807) is 30.5 Å². The largest absolute Gasteiger partial charge is 0.478 e. The van der Waals surface area contributed by atoms with Gasteiger partial charge in [-0.1, -0.05) is 18.2 Å². The molecule has 9 heteroatoms. The Bertz CT molecular complexity index is 1220. The van der Waals surface area contributed by atoms with Crippen molar-refractivity contribution < 1.29 is 23.1 Å². The number of hydrogen-bond acceptors (Lipinski definition) is 4. The number of pyridine rings is 1. The van der Waals surface area contributed by atoms with Crippen molar-refractivity contribution in [2.24, 2.45) is 0 Å². The number of benzene rings is 2. The van der Waals surface area contributed by atoms with Crippen LogP contribution in [0.5, 0.6) is 0 Å². The SMILES string of the molecule is O=C(O)c1cccc(-c2cccn3nc(Nc4cccc(C(F)(F)F)c4)nc23)c1. The molecule has 0 spiro atoms. The number of nitrogens with zero attached hydrogens (tertiary/aromatic N) is 3. The van der Waals surface area contributed by atoms with Crippen LogP contribution in [0.1, 0.15) is 15.9 Å². The minimum Gasteiger partial charge on any atom is -0.478 e. The highest BCUT2D eigenvalue weighted by Gasteiger charge is 2.30. The van der Waals surface area contributed by atoms with E-state index in [1.807, 2.05) is 0 Å². The van der Waals surface area contributed by atoms with Crippen molar-refractivity contribution in [3.63, 3.8) is 0 Å². The Morgan fingerprint density at radius 3 is 2.59 bits per heavy atom. The summed E-state index contributed by atoms with van der Waals surface area (Å²) in [6, 6.07) is 14.6. The molecule has 0 atom stereocenters. The van der Waals surface area contributed by atoms with Crippen LogP contribution >= 0.6 is 0 Å². The number of aromatic nitrogens is 3. The van der Waals surface area contributed by atoms with Crippen molar-refractivity contribution in [3.8, 4) is 11.1 Å². The first-order valence-corrected chi connectivity index (χ1v) is 8.45. The van der Waals surface area contributed by atoms with E-state index < -0.39 is 17.7 Å². The molecule has 0 aliphatic carbocycles. The Morgan fingerprint density at radius 2 is 1.83 bits per heavy atom. The summed E-state index contributed by atoms with van der Waals surface area (Å²) in [5.41, 5.74) is 1.26. The summed E-state index contributed by atoms with van der Waals surface area (Å²) in [6.07, 6.45) is -2.81. The molecule has 4 rings (SSSR count).